The maximum atomic E-state index is 12.4. The highest BCUT2D eigenvalue weighted by Gasteiger charge is 2.36. The Morgan fingerprint density at radius 3 is 2.73 bits per heavy atom. The molecule has 7 nitrogen and oxygen atoms in total. The molecule has 1 aromatic rings. The zero-order chi connectivity index (χ0) is 15.5. The Labute approximate surface area is 129 Å². The summed E-state index contributed by atoms with van der Waals surface area (Å²) in [4.78, 5) is 27.5. The lowest BCUT2D eigenvalue weighted by Crippen LogP contribution is -2.44. The molecule has 7 heteroatoms. The molecular formula is C15H20N4O3. The molecule has 22 heavy (non-hydrogen) atoms. The van der Waals surface area contributed by atoms with Gasteiger partial charge in [0.25, 0.3) is 0 Å². The van der Waals surface area contributed by atoms with Crippen molar-refractivity contribution in [3.8, 4) is 5.88 Å². The van der Waals surface area contributed by atoms with Crippen molar-refractivity contribution >= 4 is 11.8 Å². The van der Waals surface area contributed by atoms with E-state index < -0.39 is 0 Å². The molecule has 2 fully saturated rings. The summed E-state index contributed by atoms with van der Waals surface area (Å²) in [6, 6.07) is 3.57. The Hall–Kier alpha value is -2.18. The van der Waals surface area contributed by atoms with Crippen molar-refractivity contribution in [2.45, 2.75) is 25.4 Å². The molecule has 3 heterocycles. The summed E-state index contributed by atoms with van der Waals surface area (Å²) in [5.41, 5.74) is 0. The first kappa shape index (κ1) is 14.7. The fourth-order valence-corrected chi connectivity index (χ4v) is 3.00. The third-order valence-corrected chi connectivity index (χ3v) is 4.28. The average Bonchev–Trinajstić information content (AvgIpc) is 2.88. The largest absolute Gasteiger partial charge is 0.473 e. The van der Waals surface area contributed by atoms with Gasteiger partial charge >= 0.3 is 0 Å². The predicted molar refractivity (Wildman–Crippen MR) is 78.0 cm³/mol. The van der Waals surface area contributed by atoms with Crippen LogP contribution in [0.2, 0.25) is 0 Å². The molecule has 1 unspecified atom stereocenters. The first-order chi connectivity index (χ1) is 10.6. The van der Waals surface area contributed by atoms with Crippen LogP contribution in [-0.2, 0) is 9.59 Å². The minimum Gasteiger partial charge on any atom is -0.473 e. The molecule has 0 aliphatic carbocycles. The maximum absolute atomic E-state index is 12.4. The van der Waals surface area contributed by atoms with Gasteiger partial charge in [0.15, 0.2) is 0 Å². The van der Waals surface area contributed by atoms with Crippen LogP contribution in [0.4, 0.5) is 0 Å². The molecule has 0 aromatic carbocycles. The van der Waals surface area contributed by atoms with Gasteiger partial charge < -0.3 is 14.5 Å². The fourth-order valence-electron chi connectivity index (χ4n) is 3.00. The predicted octanol–water partition coefficient (Wildman–Crippen LogP) is 0.325. The molecule has 2 aliphatic rings. The van der Waals surface area contributed by atoms with Crippen LogP contribution in [0, 0.1) is 5.92 Å². The van der Waals surface area contributed by atoms with E-state index in [1.54, 1.807) is 30.3 Å². The van der Waals surface area contributed by atoms with Gasteiger partial charge in [-0.15, -0.1) is 5.10 Å². The summed E-state index contributed by atoms with van der Waals surface area (Å²) in [6.07, 6.45) is 3.56. The number of amides is 2. The van der Waals surface area contributed by atoms with Crippen LogP contribution in [0.5, 0.6) is 5.88 Å². The summed E-state index contributed by atoms with van der Waals surface area (Å²) in [7, 11) is 1.75. The number of aromatic nitrogens is 2. The molecule has 3 rings (SSSR count). The zero-order valence-corrected chi connectivity index (χ0v) is 12.6. The molecule has 118 valence electrons. The lowest BCUT2D eigenvalue weighted by Gasteiger charge is -2.33. The van der Waals surface area contributed by atoms with Crippen LogP contribution >= 0.6 is 0 Å². The van der Waals surface area contributed by atoms with Gasteiger partial charge in [0.1, 0.15) is 6.10 Å². The molecular weight excluding hydrogens is 284 g/mol. The highest BCUT2D eigenvalue weighted by Crippen LogP contribution is 2.22. The van der Waals surface area contributed by atoms with Gasteiger partial charge in [-0.2, -0.15) is 5.10 Å². The minimum absolute atomic E-state index is 0.0548. The van der Waals surface area contributed by atoms with Gasteiger partial charge in [-0.3, -0.25) is 9.59 Å². The van der Waals surface area contributed by atoms with E-state index in [0.717, 1.165) is 12.8 Å². The van der Waals surface area contributed by atoms with Crippen molar-refractivity contribution < 1.29 is 14.3 Å². The summed E-state index contributed by atoms with van der Waals surface area (Å²) in [5, 5.41) is 7.69. The number of ether oxygens (including phenoxy) is 1. The molecule has 0 spiro atoms. The van der Waals surface area contributed by atoms with Gasteiger partial charge in [-0.25, -0.2) is 0 Å². The summed E-state index contributed by atoms with van der Waals surface area (Å²) >= 11 is 0. The van der Waals surface area contributed by atoms with Gasteiger partial charge in [0.2, 0.25) is 17.7 Å². The van der Waals surface area contributed by atoms with Crippen LogP contribution in [0.25, 0.3) is 0 Å². The molecule has 2 aliphatic heterocycles. The number of carbonyl (C=O) groups is 2. The molecule has 0 radical (unpaired) electrons. The maximum Gasteiger partial charge on any atom is 0.233 e. The molecule has 2 saturated heterocycles. The fraction of sp³-hybridized carbons (Fsp3) is 0.600. The zero-order valence-electron chi connectivity index (χ0n) is 12.6. The van der Waals surface area contributed by atoms with Crippen LogP contribution in [0.15, 0.2) is 18.3 Å². The van der Waals surface area contributed by atoms with Crippen molar-refractivity contribution in [2.24, 2.45) is 5.92 Å². The summed E-state index contributed by atoms with van der Waals surface area (Å²) < 4.78 is 5.77. The monoisotopic (exact) mass is 304 g/mol. The number of piperidine rings is 1. The van der Waals surface area contributed by atoms with Crippen LogP contribution < -0.4 is 4.74 Å². The third-order valence-electron chi connectivity index (χ3n) is 4.28. The number of hydrogen-bond donors (Lipinski definition) is 0. The van der Waals surface area contributed by atoms with E-state index in [-0.39, 0.29) is 23.8 Å². The highest BCUT2D eigenvalue weighted by molar-refractivity contribution is 5.89. The van der Waals surface area contributed by atoms with E-state index in [2.05, 4.69) is 10.2 Å². The van der Waals surface area contributed by atoms with Crippen molar-refractivity contribution in [2.75, 3.05) is 26.7 Å². The normalized spacial score (nSPS) is 23.0. The second-order valence-corrected chi connectivity index (χ2v) is 5.88. The van der Waals surface area contributed by atoms with E-state index in [9.17, 15) is 9.59 Å². The van der Waals surface area contributed by atoms with Crippen molar-refractivity contribution in [3.63, 3.8) is 0 Å². The Kier molecular flexibility index (Phi) is 4.22. The molecule has 1 aromatic heterocycles. The van der Waals surface area contributed by atoms with E-state index in [0.29, 0.717) is 31.9 Å². The molecule has 0 N–H and O–H groups in total. The first-order valence-electron chi connectivity index (χ1n) is 7.60. The van der Waals surface area contributed by atoms with Crippen LogP contribution in [0.3, 0.4) is 0 Å². The van der Waals surface area contributed by atoms with Gasteiger partial charge in [0.05, 0.1) is 5.92 Å². The van der Waals surface area contributed by atoms with Crippen LogP contribution in [0.1, 0.15) is 19.3 Å². The second kappa shape index (κ2) is 6.29. The number of hydrogen-bond acceptors (Lipinski definition) is 5. The molecule has 1 atom stereocenters. The first-order valence-corrected chi connectivity index (χ1v) is 7.60. The Bertz CT molecular complexity index is 543. The lowest BCUT2D eigenvalue weighted by atomic mass is 10.0. The van der Waals surface area contributed by atoms with Crippen LogP contribution in [-0.4, -0.2) is 64.6 Å². The van der Waals surface area contributed by atoms with Gasteiger partial charge in [-0.05, 0) is 6.07 Å². The number of nitrogens with zero attached hydrogens (tertiary/aromatic N) is 4. The van der Waals surface area contributed by atoms with Crippen molar-refractivity contribution in [1.82, 2.24) is 20.0 Å². The van der Waals surface area contributed by atoms with Crippen molar-refractivity contribution in [1.29, 1.82) is 0 Å². The Morgan fingerprint density at radius 1 is 1.36 bits per heavy atom. The SMILES string of the molecule is CN1CC(C(=O)N2CCC(Oc3cccnn3)CC2)CC1=O. The Morgan fingerprint density at radius 2 is 2.14 bits per heavy atom. The lowest BCUT2D eigenvalue weighted by molar-refractivity contribution is -0.137. The third kappa shape index (κ3) is 3.18. The highest BCUT2D eigenvalue weighted by atomic mass is 16.5. The average molecular weight is 304 g/mol. The minimum atomic E-state index is -0.185. The van der Waals surface area contributed by atoms with E-state index >= 15 is 0 Å². The Balaban J connectivity index is 1.49. The summed E-state index contributed by atoms with van der Waals surface area (Å²) in [6.45, 7) is 1.87. The standard InChI is InChI=1S/C15H20N4O3/c1-18-10-11(9-14(18)20)15(21)19-7-4-12(5-8-19)22-13-3-2-6-16-17-13/h2-3,6,11-12H,4-5,7-10H2,1H3. The smallest absolute Gasteiger partial charge is 0.233 e. The number of rotatable bonds is 3. The van der Waals surface area contributed by atoms with Crippen molar-refractivity contribution in [3.05, 3.63) is 18.3 Å². The van der Waals surface area contributed by atoms with E-state index in [1.165, 1.54) is 0 Å². The van der Waals surface area contributed by atoms with Gasteiger partial charge in [-0.1, -0.05) is 0 Å². The van der Waals surface area contributed by atoms with E-state index in [1.807, 2.05) is 4.90 Å². The number of carbonyl (C=O) groups excluding carboxylic acids is 2. The van der Waals surface area contributed by atoms with Gasteiger partial charge in [0, 0.05) is 58.2 Å². The molecule has 0 bridgehead atoms. The second-order valence-electron chi connectivity index (χ2n) is 5.88. The quantitative estimate of drug-likeness (QED) is 0.804. The number of likely N-dealkylation sites (tertiary alicyclic amines) is 2. The molecule has 2 amide bonds. The van der Waals surface area contributed by atoms with E-state index in [4.69, 9.17) is 4.74 Å². The molecule has 0 saturated carbocycles. The topological polar surface area (TPSA) is 75.6 Å². The summed E-state index contributed by atoms with van der Waals surface area (Å²) in [5.74, 6) is 0.486.